The van der Waals surface area contributed by atoms with E-state index in [1.165, 1.54) is 0 Å². The van der Waals surface area contributed by atoms with Gasteiger partial charge in [-0.2, -0.15) is 0 Å². The van der Waals surface area contributed by atoms with Crippen LogP contribution in [0.4, 0.5) is 0 Å². The summed E-state index contributed by atoms with van der Waals surface area (Å²) in [6.45, 7) is -6.95. The predicted molar refractivity (Wildman–Crippen MR) is 76.7 cm³/mol. The highest BCUT2D eigenvalue weighted by molar-refractivity contribution is 5.27. The number of rotatable bonds is 9. The van der Waals surface area contributed by atoms with Crippen LogP contribution in [0, 0.1) is 0 Å². The van der Waals surface area contributed by atoms with Gasteiger partial charge in [-0.1, -0.05) is 25.8 Å². The number of hydrogen-bond donors (Lipinski definition) is 2. The van der Waals surface area contributed by atoms with Crippen LogP contribution in [0.2, 0.25) is 0 Å². The second-order valence-electron chi connectivity index (χ2n) is 3.96. The predicted octanol–water partition coefficient (Wildman–Crippen LogP) is 1.61. The summed E-state index contributed by atoms with van der Waals surface area (Å²) in [5, 5.41) is 12.1. The third-order valence-corrected chi connectivity index (χ3v) is 2.37. The van der Waals surface area contributed by atoms with Crippen molar-refractivity contribution in [3.05, 3.63) is 29.8 Å². The summed E-state index contributed by atoms with van der Waals surface area (Å²) in [5.41, 5.74) is 0.818. The van der Waals surface area contributed by atoms with Gasteiger partial charge in [0.05, 0.1) is 10.7 Å². The highest BCUT2D eigenvalue weighted by Crippen LogP contribution is 2.12. The molecular formula is C15H25NO3. The van der Waals surface area contributed by atoms with E-state index in [4.69, 9.17) is 18.4 Å². The summed E-state index contributed by atoms with van der Waals surface area (Å²) in [4.78, 5) is 0. The number of methoxy groups -OCH3 is 1. The topological polar surface area (TPSA) is 50.7 Å². The molecule has 0 saturated heterocycles. The Labute approximate surface area is 129 Å². The molecule has 0 fully saturated rings. The first kappa shape index (κ1) is 6.57. The molecule has 1 rings (SSSR count). The van der Waals surface area contributed by atoms with E-state index < -0.39 is 39.4 Å². The van der Waals surface area contributed by atoms with E-state index in [-0.39, 0.29) is 13.2 Å². The molecule has 19 heavy (non-hydrogen) atoms. The van der Waals surface area contributed by atoms with Gasteiger partial charge >= 0.3 is 0 Å². The van der Waals surface area contributed by atoms with Crippen LogP contribution < -0.4 is 10.1 Å². The molecule has 0 aliphatic carbocycles. The number of hydrogen-bond acceptors (Lipinski definition) is 4. The van der Waals surface area contributed by atoms with Gasteiger partial charge in [0.1, 0.15) is 18.5 Å². The average molecular weight is 277 g/mol. The van der Waals surface area contributed by atoms with Crippen LogP contribution in [0.15, 0.2) is 24.3 Å². The zero-order chi connectivity index (χ0) is 22.5. The lowest BCUT2D eigenvalue weighted by atomic mass is 10.1. The van der Waals surface area contributed by atoms with E-state index in [2.05, 4.69) is 10.1 Å². The Bertz CT molecular complexity index is 613. The van der Waals surface area contributed by atoms with E-state index in [1.54, 1.807) is 24.3 Å². The van der Waals surface area contributed by atoms with Crippen molar-refractivity contribution in [3.63, 3.8) is 0 Å². The molecule has 1 atom stereocenters. The molecule has 0 saturated carbocycles. The largest absolute Gasteiger partial charge is 0.491 e. The normalized spacial score (nSPS) is 23.0. The molecule has 0 amide bonds. The van der Waals surface area contributed by atoms with Gasteiger partial charge < -0.3 is 19.9 Å². The lowest BCUT2D eigenvalue weighted by Crippen LogP contribution is -2.35. The number of aliphatic hydroxyl groups is 1. The van der Waals surface area contributed by atoms with Gasteiger partial charge in [-0.05, 0) is 24.1 Å². The van der Waals surface area contributed by atoms with Crippen LogP contribution in [0.5, 0.6) is 5.75 Å². The smallest absolute Gasteiger partial charge is 0.119 e. The minimum atomic E-state index is -3.13. The summed E-state index contributed by atoms with van der Waals surface area (Å²) in [5.74, 6) is 0.397. The average Bonchev–Trinajstić information content (AvgIpc) is 2.55. The Morgan fingerprint density at radius 3 is 2.84 bits per heavy atom. The molecule has 0 heterocycles. The van der Waals surface area contributed by atoms with Gasteiger partial charge in [0, 0.05) is 29.2 Å². The summed E-state index contributed by atoms with van der Waals surface area (Å²) in [7, 11) is -2.44. The van der Waals surface area contributed by atoms with Gasteiger partial charge in [-0.25, -0.2) is 0 Å². The number of aliphatic hydroxyl groups excluding tert-OH is 1. The maximum atomic E-state index is 9.94. The van der Waals surface area contributed by atoms with E-state index in [0.717, 1.165) is 5.56 Å². The zero-order valence-corrected chi connectivity index (χ0v) is 10.5. The molecule has 1 aromatic carbocycles. The Morgan fingerprint density at radius 2 is 2.16 bits per heavy atom. The number of nitrogens with one attached hydrogen (secondary N) is 1. The molecule has 2 N–H and O–H groups in total. The molecule has 0 bridgehead atoms. The standard InChI is InChI=1S/C15H25NO3/c1-12(2)16-10-14(17)11-19-15-6-4-13(5-7-15)8-9-18-3/h4-7,12,14,16-17H,8-11H2,1-3H3/i1D3,2D3,3D3,12D. The van der Waals surface area contributed by atoms with Crippen molar-refractivity contribution >= 4 is 0 Å². The van der Waals surface area contributed by atoms with Crippen LogP contribution >= 0.6 is 0 Å². The number of benzene rings is 1. The van der Waals surface area contributed by atoms with Crippen molar-refractivity contribution in [3.8, 4) is 5.75 Å². The quantitative estimate of drug-likeness (QED) is 0.720. The van der Waals surface area contributed by atoms with E-state index in [1.807, 2.05) is 0 Å². The summed E-state index contributed by atoms with van der Waals surface area (Å²) in [6.07, 6.45) is -0.863. The van der Waals surface area contributed by atoms with Crippen LogP contribution in [0.25, 0.3) is 0 Å². The van der Waals surface area contributed by atoms with Crippen LogP contribution in [0.3, 0.4) is 0 Å². The van der Waals surface area contributed by atoms with Crippen molar-refractivity contribution in [2.45, 2.75) is 32.2 Å². The van der Waals surface area contributed by atoms with Crippen LogP contribution in [0.1, 0.15) is 33.0 Å². The monoisotopic (exact) mass is 277 g/mol. The first-order valence-electron chi connectivity index (χ1n) is 10.8. The molecule has 0 aliphatic heterocycles. The summed E-state index contributed by atoms with van der Waals surface area (Å²) in [6, 6.07) is 3.68. The molecule has 108 valence electrons. The number of ether oxygens (including phenoxy) is 2. The highest BCUT2D eigenvalue weighted by Gasteiger charge is 2.05. The van der Waals surface area contributed by atoms with E-state index in [9.17, 15) is 5.11 Å². The minimum absolute atomic E-state index is 0.0307. The van der Waals surface area contributed by atoms with Crippen LogP contribution in [-0.2, 0) is 11.2 Å². The molecule has 0 aromatic heterocycles. The Hall–Kier alpha value is -1.10. The van der Waals surface area contributed by atoms with Gasteiger partial charge in [-0.15, -0.1) is 0 Å². The van der Waals surface area contributed by atoms with Gasteiger partial charge in [0.2, 0.25) is 0 Å². The van der Waals surface area contributed by atoms with Crippen molar-refractivity contribution < 1.29 is 28.3 Å². The molecule has 0 aliphatic rings. The molecular weight excluding hydrogens is 242 g/mol. The summed E-state index contributed by atoms with van der Waals surface area (Å²) >= 11 is 0. The third kappa shape index (κ3) is 7.15. The van der Waals surface area contributed by atoms with Crippen molar-refractivity contribution in [1.29, 1.82) is 0 Å². The van der Waals surface area contributed by atoms with E-state index >= 15 is 0 Å². The molecule has 1 unspecified atom stereocenters. The Morgan fingerprint density at radius 1 is 1.37 bits per heavy atom. The minimum Gasteiger partial charge on any atom is -0.491 e. The molecule has 4 nitrogen and oxygen atoms in total. The zero-order valence-electron chi connectivity index (χ0n) is 20.5. The Balaban J connectivity index is 2.51. The summed E-state index contributed by atoms with van der Waals surface area (Å²) < 4.78 is 82.5. The van der Waals surface area contributed by atoms with Gasteiger partial charge in [-0.3, -0.25) is 0 Å². The second-order valence-corrected chi connectivity index (χ2v) is 3.96. The maximum Gasteiger partial charge on any atom is 0.119 e. The highest BCUT2D eigenvalue weighted by atomic mass is 16.5. The SMILES string of the molecule is [2H]C([2H])([2H])OCCc1ccc(OCC(O)CNC([2H])(C([2H])([2H])[2H])C([2H])([2H])[2H])cc1. The van der Waals surface area contributed by atoms with Gasteiger partial charge in [0.25, 0.3) is 0 Å². The fraction of sp³-hybridized carbons (Fsp3) is 0.600. The van der Waals surface area contributed by atoms with E-state index in [0.29, 0.717) is 12.2 Å². The van der Waals surface area contributed by atoms with Crippen molar-refractivity contribution in [2.75, 3.05) is 26.8 Å². The maximum absolute atomic E-state index is 9.94. The first-order chi connectivity index (χ1) is 13.1. The first-order valence-corrected chi connectivity index (χ1v) is 5.84. The third-order valence-electron chi connectivity index (χ3n) is 2.37. The molecule has 4 heteroatoms. The van der Waals surface area contributed by atoms with Crippen LogP contribution in [-0.4, -0.2) is 44.0 Å². The Kier molecular flexibility index (Phi) is 3.08. The lowest BCUT2D eigenvalue weighted by Gasteiger charge is -2.15. The second kappa shape index (κ2) is 8.91. The van der Waals surface area contributed by atoms with Crippen molar-refractivity contribution in [1.82, 2.24) is 5.32 Å². The molecule has 0 radical (unpaired) electrons. The van der Waals surface area contributed by atoms with Crippen molar-refractivity contribution in [2.24, 2.45) is 0 Å². The fourth-order valence-corrected chi connectivity index (χ4v) is 1.39. The molecule has 1 aromatic rings. The molecule has 0 spiro atoms. The lowest BCUT2D eigenvalue weighted by molar-refractivity contribution is 0.104. The van der Waals surface area contributed by atoms with Gasteiger partial charge in [0.15, 0.2) is 0 Å². The fourth-order valence-electron chi connectivity index (χ4n) is 1.39.